The molecule has 0 fully saturated rings. The van der Waals surface area contributed by atoms with Crippen LogP contribution in [0.25, 0.3) is 23.4 Å². The summed E-state index contributed by atoms with van der Waals surface area (Å²) in [4.78, 5) is 0. The van der Waals surface area contributed by atoms with E-state index in [0.717, 1.165) is 30.5 Å². The monoisotopic (exact) mass is 713 g/mol. The van der Waals surface area contributed by atoms with Crippen LogP contribution in [0.4, 0.5) is 0 Å². The summed E-state index contributed by atoms with van der Waals surface area (Å²) >= 11 is 0. The summed E-state index contributed by atoms with van der Waals surface area (Å²) in [6.07, 6.45) is 39.4. The van der Waals surface area contributed by atoms with Gasteiger partial charge in [0.05, 0.1) is 6.04 Å². The van der Waals surface area contributed by atoms with Gasteiger partial charge in [0.1, 0.15) is 0 Å². The number of nitrogens with one attached hydrogen (secondary N) is 1. The third kappa shape index (κ3) is 15.3. The Labute approximate surface area is 328 Å². The third-order valence-electron chi connectivity index (χ3n) is 9.33. The molecule has 5 rings (SSSR count). The molecule has 3 aromatic carbocycles. The Bertz CT molecular complexity index is 1830. The first kappa shape index (κ1) is 43.0. The molecule has 0 saturated carbocycles. The van der Waals surface area contributed by atoms with Crippen LogP contribution in [-0.2, 0) is 0 Å². The molecule has 0 radical (unpaired) electrons. The molecule has 0 saturated heterocycles. The number of hydrogen-bond acceptors (Lipinski definition) is 1. The molecule has 54 heavy (non-hydrogen) atoms. The Morgan fingerprint density at radius 1 is 0.722 bits per heavy atom. The molecular weight excluding hydrogens is 651 g/mol. The summed E-state index contributed by atoms with van der Waals surface area (Å²) in [5.74, 6) is 0.233. The van der Waals surface area contributed by atoms with Gasteiger partial charge in [-0.05, 0) is 98.3 Å². The summed E-state index contributed by atoms with van der Waals surface area (Å²) in [5.41, 5.74) is 11.3. The molecule has 0 aromatic heterocycles. The largest absolute Gasteiger partial charge is 0.378 e. The zero-order valence-electron chi connectivity index (χ0n) is 33.6. The Morgan fingerprint density at radius 2 is 1.35 bits per heavy atom. The van der Waals surface area contributed by atoms with Crippen LogP contribution in [0.3, 0.4) is 0 Å². The lowest BCUT2D eigenvalue weighted by Gasteiger charge is -2.26. The van der Waals surface area contributed by atoms with E-state index < -0.39 is 0 Å². The summed E-state index contributed by atoms with van der Waals surface area (Å²) < 4.78 is 0. The van der Waals surface area contributed by atoms with E-state index in [0.29, 0.717) is 0 Å². The lowest BCUT2D eigenvalue weighted by molar-refractivity contribution is 0.536. The van der Waals surface area contributed by atoms with Gasteiger partial charge in [-0.3, -0.25) is 0 Å². The summed E-state index contributed by atoms with van der Waals surface area (Å²) in [7, 11) is 0. The molecule has 2 atom stereocenters. The van der Waals surface area contributed by atoms with Gasteiger partial charge in [0, 0.05) is 11.6 Å². The maximum absolute atomic E-state index is 4.38. The van der Waals surface area contributed by atoms with Gasteiger partial charge in [-0.15, -0.1) is 0 Å². The topological polar surface area (TPSA) is 12.0 Å². The van der Waals surface area contributed by atoms with Crippen LogP contribution in [0, 0.1) is 5.92 Å². The first-order chi connectivity index (χ1) is 26.5. The number of rotatable bonds is 13. The quantitative estimate of drug-likeness (QED) is 0.137. The van der Waals surface area contributed by atoms with Gasteiger partial charge < -0.3 is 5.32 Å². The Balaban J connectivity index is 0.000000433. The lowest BCUT2D eigenvalue weighted by Crippen LogP contribution is -2.32. The summed E-state index contributed by atoms with van der Waals surface area (Å²) in [6.45, 7) is 18.8. The van der Waals surface area contributed by atoms with E-state index in [1.54, 1.807) is 0 Å². The molecule has 2 unspecified atom stereocenters. The minimum Gasteiger partial charge on any atom is -0.378 e. The van der Waals surface area contributed by atoms with E-state index in [1.807, 2.05) is 51.1 Å². The number of hydrogen-bond donors (Lipinski definition) is 1. The fourth-order valence-electron chi connectivity index (χ4n) is 6.31. The second-order valence-corrected chi connectivity index (χ2v) is 13.3. The van der Waals surface area contributed by atoms with Crippen molar-refractivity contribution in [2.24, 2.45) is 5.92 Å². The van der Waals surface area contributed by atoms with E-state index in [1.165, 1.54) is 58.2 Å². The standard InChI is InChI=1S/C38H41N.C13H16.C2H6/c1-5-7-9-10-13-18-33-24-26-34(27-25-33)28-29-37(19-8-6-2)38(30-31(3)35-20-14-11-15-21-35)39-32(4)36-22-16-12-17-23-36;1-11-7-3-2-4-8-12-9-5-6-10-13(11)12;1-2/h5-18,20-30,37-39H,4,19H2,1-3H3;2,4-5,9H,1,3,6-8,10H2;1-2H3/b7-5-,8-6-,10-9-,18-13?,29-28?,31-30+;4-2-;. The van der Waals surface area contributed by atoms with E-state index in [9.17, 15) is 0 Å². The highest BCUT2D eigenvalue weighted by molar-refractivity contribution is 5.67. The zero-order chi connectivity index (χ0) is 38.8. The molecule has 0 heterocycles. The van der Waals surface area contributed by atoms with Crippen molar-refractivity contribution in [3.05, 3.63) is 216 Å². The van der Waals surface area contributed by atoms with Gasteiger partial charge >= 0.3 is 0 Å². The molecule has 0 amide bonds. The summed E-state index contributed by atoms with van der Waals surface area (Å²) in [6, 6.07) is 29.6. The second kappa shape index (κ2) is 25.6. The Kier molecular flexibility index (Phi) is 20.4. The van der Waals surface area contributed by atoms with Crippen LogP contribution < -0.4 is 5.32 Å². The molecule has 1 nitrogen and oxygen atoms in total. The van der Waals surface area contributed by atoms with Crippen LogP contribution in [0.15, 0.2) is 194 Å². The first-order valence-corrected chi connectivity index (χ1v) is 19.8. The second-order valence-electron chi connectivity index (χ2n) is 13.3. The Morgan fingerprint density at radius 3 is 2.02 bits per heavy atom. The van der Waals surface area contributed by atoms with E-state index in [4.69, 9.17) is 0 Å². The van der Waals surface area contributed by atoms with Crippen molar-refractivity contribution in [3.8, 4) is 0 Å². The highest BCUT2D eigenvalue weighted by Crippen LogP contribution is 2.31. The van der Waals surface area contributed by atoms with Gasteiger partial charge in [-0.25, -0.2) is 0 Å². The van der Waals surface area contributed by atoms with Gasteiger partial charge in [0.25, 0.3) is 0 Å². The molecule has 0 aliphatic heterocycles. The van der Waals surface area contributed by atoms with Crippen LogP contribution in [0.5, 0.6) is 0 Å². The fraction of sp³-hybridized carbons (Fsp3) is 0.245. The molecule has 3 aromatic rings. The van der Waals surface area contributed by atoms with E-state index in [2.05, 4.69) is 178 Å². The van der Waals surface area contributed by atoms with Crippen molar-refractivity contribution in [2.45, 2.75) is 79.2 Å². The van der Waals surface area contributed by atoms with Crippen LogP contribution >= 0.6 is 0 Å². The van der Waals surface area contributed by atoms with Gasteiger partial charge in [0.15, 0.2) is 0 Å². The van der Waals surface area contributed by atoms with Crippen molar-refractivity contribution in [2.75, 3.05) is 0 Å². The van der Waals surface area contributed by atoms with Crippen molar-refractivity contribution in [3.63, 3.8) is 0 Å². The fourth-order valence-corrected chi connectivity index (χ4v) is 6.31. The van der Waals surface area contributed by atoms with Crippen LogP contribution in [0.2, 0.25) is 0 Å². The first-order valence-electron chi connectivity index (χ1n) is 19.8. The number of allylic oxidation sites excluding steroid dienone is 15. The summed E-state index contributed by atoms with van der Waals surface area (Å²) in [5, 5.41) is 3.75. The predicted octanol–water partition coefficient (Wildman–Crippen LogP) is 15.1. The molecule has 0 spiro atoms. The maximum atomic E-state index is 4.38. The Hall–Kier alpha value is -5.40. The normalized spacial score (nSPS) is 16.4. The highest BCUT2D eigenvalue weighted by Gasteiger charge is 2.18. The third-order valence-corrected chi connectivity index (χ3v) is 9.33. The lowest BCUT2D eigenvalue weighted by atomic mass is 9.87. The molecular formula is C53H63N. The molecule has 2 aliphatic rings. The van der Waals surface area contributed by atoms with Crippen molar-refractivity contribution in [1.29, 1.82) is 0 Å². The molecule has 280 valence electrons. The van der Waals surface area contributed by atoms with Gasteiger partial charge in [0.2, 0.25) is 0 Å². The average molecular weight is 714 g/mol. The molecule has 2 aliphatic carbocycles. The maximum Gasteiger partial charge on any atom is 0.0515 e. The van der Waals surface area contributed by atoms with Gasteiger partial charge in [-0.1, -0.05) is 209 Å². The van der Waals surface area contributed by atoms with Crippen LogP contribution in [-0.4, -0.2) is 6.04 Å². The highest BCUT2D eigenvalue weighted by atomic mass is 14.9. The molecule has 1 heteroatoms. The van der Waals surface area contributed by atoms with Crippen molar-refractivity contribution < 1.29 is 0 Å². The van der Waals surface area contributed by atoms with Crippen molar-refractivity contribution in [1.82, 2.24) is 5.32 Å². The van der Waals surface area contributed by atoms with Gasteiger partial charge in [-0.2, -0.15) is 0 Å². The molecule has 0 bridgehead atoms. The smallest absolute Gasteiger partial charge is 0.0515 e. The molecule has 1 N–H and O–H groups in total. The minimum atomic E-state index is 0.0662. The predicted molar refractivity (Wildman–Crippen MR) is 243 cm³/mol. The average Bonchev–Trinajstić information content (AvgIpc) is 3.22. The zero-order valence-corrected chi connectivity index (χ0v) is 33.6. The minimum absolute atomic E-state index is 0.0662. The van der Waals surface area contributed by atoms with Crippen LogP contribution in [0.1, 0.15) is 95.4 Å². The SMILES string of the molecule is C=C(NC(/C=C(\C)c1ccccc1)C(C=Cc1ccc(C=C/C=C\C=C/C)cc1)C/C=C\C)c1ccccc1.C=C1CC/C=C\CC2=C1CCC=C2.CC. The van der Waals surface area contributed by atoms with Crippen molar-refractivity contribution >= 4 is 23.4 Å². The van der Waals surface area contributed by atoms with E-state index >= 15 is 0 Å². The number of benzene rings is 3. The van der Waals surface area contributed by atoms with E-state index in [-0.39, 0.29) is 12.0 Å².